The van der Waals surface area contributed by atoms with Crippen molar-refractivity contribution in [3.05, 3.63) is 66.4 Å². The highest BCUT2D eigenvalue weighted by Crippen LogP contribution is 2.19. The van der Waals surface area contributed by atoms with Gasteiger partial charge in [0.05, 0.1) is 12.1 Å². The highest BCUT2D eigenvalue weighted by Gasteiger charge is 2.10. The van der Waals surface area contributed by atoms with Crippen molar-refractivity contribution in [3.63, 3.8) is 0 Å². The largest absolute Gasteiger partial charge is 0.420 e. The molecule has 1 heterocycles. The Hall–Kier alpha value is -1.15. The summed E-state index contributed by atoms with van der Waals surface area (Å²) in [4.78, 5) is 11.9. The van der Waals surface area contributed by atoms with E-state index in [1.54, 1.807) is 12.1 Å². The molecule has 0 fully saturated rings. The fraction of sp³-hybridized carbons (Fsp3) is 0.0714. The molecule has 3 aromatic rings. The van der Waals surface area contributed by atoms with Gasteiger partial charge in [0.1, 0.15) is 5.82 Å². The molecule has 0 radical (unpaired) electrons. The average Bonchev–Trinajstić information content (AvgIpc) is 2.65. The summed E-state index contributed by atoms with van der Waals surface area (Å²) >= 11 is 5.42. The van der Waals surface area contributed by atoms with Gasteiger partial charge >= 0.3 is 5.76 Å². The monoisotopic (exact) mass is 447 g/mol. The van der Waals surface area contributed by atoms with Crippen LogP contribution in [0.3, 0.4) is 0 Å². The first-order chi connectivity index (χ1) is 9.52. The first kappa shape index (κ1) is 13.8. The van der Waals surface area contributed by atoms with E-state index in [2.05, 4.69) is 38.5 Å². The van der Waals surface area contributed by atoms with Gasteiger partial charge in [-0.3, -0.25) is 4.57 Å². The molecule has 0 aliphatic heterocycles. The number of aromatic nitrogens is 1. The topological polar surface area (TPSA) is 35.1 Å². The van der Waals surface area contributed by atoms with Crippen LogP contribution in [-0.4, -0.2) is 4.57 Å². The standard InChI is InChI=1S/C14H8BrFINO2/c15-9-3-8(4-10(16)5-9)7-18-12-6-11(17)1-2-13(12)20-14(18)19/h1-6H,7H2. The molecular weight excluding hydrogens is 440 g/mol. The van der Waals surface area contributed by atoms with Crippen LogP contribution in [0, 0.1) is 9.39 Å². The Bertz CT molecular complexity index is 836. The quantitative estimate of drug-likeness (QED) is 0.553. The molecule has 2 aromatic carbocycles. The van der Waals surface area contributed by atoms with Crippen LogP contribution in [0.2, 0.25) is 0 Å². The van der Waals surface area contributed by atoms with E-state index >= 15 is 0 Å². The van der Waals surface area contributed by atoms with Crippen molar-refractivity contribution in [1.82, 2.24) is 4.57 Å². The molecule has 0 saturated heterocycles. The van der Waals surface area contributed by atoms with E-state index in [4.69, 9.17) is 4.42 Å². The second-order valence-corrected chi connectivity index (χ2v) is 6.51. The van der Waals surface area contributed by atoms with Crippen LogP contribution in [0.1, 0.15) is 5.56 Å². The van der Waals surface area contributed by atoms with Gasteiger partial charge in [0.25, 0.3) is 0 Å². The lowest BCUT2D eigenvalue weighted by atomic mass is 10.2. The van der Waals surface area contributed by atoms with Gasteiger partial charge in [-0.15, -0.1) is 0 Å². The minimum Gasteiger partial charge on any atom is -0.408 e. The number of hydrogen-bond acceptors (Lipinski definition) is 2. The molecule has 0 bridgehead atoms. The zero-order valence-electron chi connectivity index (χ0n) is 10.1. The maximum atomic E-state index is 13.4. The van der Waals surface area contributed by atoms with E-state index in [1.165, 1.54) is 16.7 Å². The van der Waals surface area contributed by atoms with Crippen molar-refractivity contribution < 1.29 is 8.81 Å². The van der Waals surface area contributed by atoms with E-state index < -0.39 is 5.76 Å². The number of rotatable bonds is 2. The van der Waals surface area contributed by atoms with E-state index in [9.17, 15) is 9.18 Å². The van der Waals surface area contributed by atoms with Crippen molar-refractivity contribution in [2.45, 2.75) is 6.54 Å². The summed E-state index contributed by atoms with van der Waals surface area (Å²) in [5.74, 6) is -0.785. The van der Waals surface area contributed by atoms with Crippen molar-refractivity contribution in [2.24, 2.45) is 0 Å². The molecule has 0 aliphatic rings. The predicted octanol–water partition coefficient (Wildman–Crippen LogP) is 4.15. The van der Waals surface area contributed by atoms with Gasteiger partial charge in [0.15, 0.2) is 5.58 Å². The lowest BCUT2D eigenvalue weighted by Crippen LogP contribution is -2.15. The number of nitrogens with zero attached hydrogens (tertiary/aromatic N) is 1. The Kier molecular flexibility index (Phi) is 3.68. The molecule has 0 atom stereocenters. The molecule has 102 valence electrons. The molecule has 1 aromatic heterocycles. The molecule has 0 aliphatic carbocycles. The first-order valence-electron chi connectivity index (χ1n) is 5.77. The molecule has 3 rings (SSSR count). The van der Waals surface area contributed by atoms with Gasteiger partial charge in [0, 0.05) is 8.04 Å². The molecular formula is C14H8BrFINO2. The molecule has 0 saturated carbocycles. The Labute approximate surface area is 135 Å². The van der Waals surface area contributed by atoms with Crippen molar-refractivity contribution in [2.75, 3.05) is 0 Å². The lowest BCUT2D eigenvalue weighted by Gasteiger charge is -2.04. The van der Waals surface area contributed by atoms with E-state index in [0.717, 1.165) is 3.57 Å². The summed E-state index contributed by atoms with van der Waals surface area (Å²) in [6.45, 7) is 0.266. The van der Waals surface area contributed by atoms with Crippen LogP contribution < -0.4 is 5.76 Å². The number of benzene rings is 2. The van der Waals surface area contributed by atoms with Gasteiger partial charge in [-0.1, -0.05) is 15.9 Å². The average molecular weight is 448 g/mol. The third-order valence-corrected chi connectivity index (χ3v) is 4.02. The Morgan fingerprint density at radius 2 is 2.05 bits per heavy atom. The van der Waals surface area contributed by atoms with E-state index in [0.29, 0.717) is 21.1 Å². The van der Waals surface area contributed by atoms with E-state index in [1.807, 2.05) is 12.1 Å². The highest BCUT2D eigenvalue weighted by molar-refractivity contribution is 14.1. The van der Waals surface area contributed by atoms with E-state index in [-0.39, 0.29) is 12.4 Å². The summed E-state index contributed by atoms with van der Waals surface area (Å²) in [5, 5.41) is 0. The second kappa shape index (κ2) is 5.33. The molecule has 0 N–H and O–H groups in total. The highest BCUT2D eigenvalue weighted by atomic mass is 127. The molecule has 0 unspecified atom stereocenters. The Balaban J connectivity index is 2.12. The van der Waals surface area contributed by atoms with Crippen LogP contribution in [0.5, 0.6) is 0 Å². The maximum Gasteiger partial charge on any atom is 0.420 e. The molecule has 3 nitrogen and oxygen atoms in total. The number of oxazole rings is 1. The first-order valence-corrected chi connectivity index (χ1v) is 7.64. The SMILES string of the molecule is O=c1oc2ccc(I)cc2n1Cc1cc(F)cc(Br)c1. The Morgan fingerprint density at radius 3 is 2.80 bits per heavy atom. The fourth-order valence-electron chi connectivity index (χ4n) is 2.07. The third kappa shape index (κ3) is 2.67. The summed E-state index contributed by atoms with van der Waals surface area (Å²) in [5.41, 5.74) is 1.94. The van der Waals surface area contributed by atoms with Crippen LogP contribution in [-0.2, 0) is 6.54 Å². The van der Waals surface area contributed by atoms with Crippen LogP contribution in [0.25, 0.3) is 11.1 Å². The zero-order valence-corrected chi connectivity index (χ0v) is 13.8. The van der Waals surface area contributed by atoms with Gasteiger partial charge in [-0.2, -0.15) is 0 Å². The minimum atomic E-state index is -0.442. The van der Waals surface area contributed by atoms with Gasteiger partial charge in [-0.25, -0.2) is 9.18 Å². The van der Waals surface area contributed by atoms with Gasteiger partial charge in [0.2, 0.25) is 0 Å². The smallest absolute Gasteiger partial charge is 0.408 e. The number of fused-ring (bicyclic) bond motifs is 1. The van der Waals surface area contributed by atoms with Crippen LogP contribution in [0.4, 0.5) is 4.39 Å². The van der Waals surface area contributed by atoms with Crippen LogP contribution >= 0.6 is 38.5 Å². The van der Waals surface area contributed by atoms with Crippen molar-refractivity contribution >= 4 is 49.6 Å². The molecule has 0 spiro atoms. The van der Waals surface area contributed by atoms with Gasteiger partial charge < -0.3 is 4.42 Å². The maximum absolute atomic E-state index is 13.4. The number of hydrogen-bond donors (Lipinski definition) is 0. The fourth-order valence-corrected chi connectivity index (χ4v) is 3.06. The second-order valence-electron chi connectivity index (χ2n) is 4.34. The zero-order chi connectivity index (χ0) is 14.3. The van der Waals surface area contributed by atoms with Gasteiger partial charge in [-0.05, 0) is 64.6 Å². The van der Waals surface area contributed by atoms with Crippen molar-refractivity contribution in [1.29, 1.82) is 0 Å². The summed E-state index contributed by atoms with van der Waals surface area (Å²) in [7, 11) is 0. The molecule has 20 heavy (non-hydrogen) atoms. The Morgan fingerprint density at radius 1 is 1.25 bits per heavy atom. The molecule has 6 heteroatoms. The summed E-state index contributed by atoms with van der Waals surface area (Å²) in [6, 6.07) is 10.1. The van der Waals surface area contributed by atoms with Crippen LogP contribution in [0.15, 0.2) is 50.1 Å². The predicted molar refractivity (Wildman–Crippen MR) is 86.4 cm³/mol. The summed E-state index contributed by atoms with van der Waals surface area (Å²) in [6.07, 6.45) is 0. The normalized spacial score (nSPS) is 11.2. The van der Waals surface area contributed by atoms with Crippen molar-refractivity contribution in [3.8, 4) is 0 Å². The number of halogens is 3. The third-order valence-electron chi connectivity index (χ3n) is 2.89. The lowest BCUT2D eigenvalue weighted by molar-refractivity contribution is 0.517. The summed E-state index contributed by atoms with van der Waals surface area (Å²) < 4.78 is 21.7. The minimum absolute atomic E-state index is 0.266. The molecule has 0 amide bonds.